The average molecular weight is 241 g/mol. The molecule has 4 N–H and O–H groups in total. The Balaban J connectivity index is 3.04. The van der Waals surface area contributed by atoms with Gasteiger partial charge in [0.25, 0.3) is 0 Å². The number of benzene rings is 1. The van der Waals surface area contributed by atoms with Crippen LogP contribution in [0.15, 0.2) is 18.2 Å². The molecular weight excluding hydrogens is 226 g/mol. The topological polar surface area (TPSA) is 99.0 Å². The van der Waals surface area contributed by atoms with E-state index in [1.807, 2.05) is 0 Å². The van der Waals surface area contributed by atoms with Crippen LogP contribution in [0.5, 0.6) is 5.75 Å². The van der Waals surface area contributed by atoms with Crippen LogP contribution in [0.1, 0.15) is 10.4 Å². The number of ether oxygens (including phenoxy) is 1. The lowest BCUT2D eigenvalue weighted by Gasteiger charge is -2.17. The van der Waals surface area contributed by atoms with Gasteiger partial charge in [-0.2, -0.15) is 0 Å². The lowest BCUT2D eigenvalue weighted by atomic mass is 10.1. The van der Waals surface area contributed by atoms with Crippen LogP contribution in [0.2, 0.25) is 0 Å². The van der Waals surface area contributed by atoms with E-state index in [1.54, 1.807) is 0 Å². The first-order valence-electron chi connectivity index (χ1n) is 5.02. The molecule has 6 nitrogen and oxygen atoms in total. The van der Waals surface area contributed by atoms with Gasteiger partial charge in [0, 0.05) is 6.07 Å². The van der Waals surface area contributed by atoms with E-state index in [4.69, 9.17) is 20.1 Å². The molecule has 6 heteroatoms. The van der Waals surface area contributed by atoms with E-state index in [-0.39, 0.29) is 18.8 Å². The molecule has 1 rings (SSSR count). The SMILES string of the molecule is COc1ccc(C(=O)O)c(NC(CO)CO)c1. The van der Waals surface area contributed by atoms with E-state index in [9.17, 15) is 4.79 Å². The molecule has 0 radical (unpaired) electrons. The van der Waals surface area contributed by atoms with Crippen LogP contribution in [0, 0.1) is 0 Å². The maximum atomic E-state index is 11.0. The van der Waals surface area contributed by atoms with Crippen molar-refractivity contribution in [1.29, 1.82) is 0 Å². The van der Waals surface area contributed by atoms with Crippen molar-refractivity contribution in [2.75, 3.05) is 25.6 Å². The summed E-state index contributed by atoms with van der Waals surface area (Å²) in [4.78, 5) is 11.0. The zero-order valence-corrected chi connectivity index (χ0v) is 9.38. The highest BCUT2D eigenvalue weighted by atomic mass is 16.5. The van der Waals surface area contributed by atoms with Gasteiger partial charge in [0.05, 0.1) is 37.6 Å². The molecule has 17 heavy (non-hydrogen) atoms. The Morgan fingerprint density at radius 3 is 2.53 bits per heavy atom. The molecule has 0 heterocycles. The first-order chi connectivity index (χ1) is 8.12. The molecule has 0 aliphatic rings. The highest BCUT2D eigenvalue weighted by Crippen LogP contribution is 2.23. The standard InChI is InChI=1S/C11H15NO5/c1-17-8-2-3-9(11(15)16)10(4-8)12-7(5-13)6-14/h2-4,7,12-14H,5-6H2,1H3,(H,15,16). The predicted molar refractivity (Wildman–Crippen MR) is 61.5 cm³/mol. The van der Waals surface area contributed by atoms with Gasteiger partial charge in [0.15, 0.2) is 0 Å². The van der Waals surface area contributed by atoms with Gasteiger partial charge >= 0.3 is 5.97 Å². The van der Waals surface area contributed by atoms with Gasteiger partial charge in [-0.25, -0.2) is 4.79 Å². The number of anilines is 1. The minimum absolute atomic E-state index is 0.0534. The number of aliphatic hydroxyl groups excluding tert-OH is 2. The molecule has 0 aliphatic carbocycles. The van der Waals surface area contributed by atoms with Gasteiger partial charge in [0.1, 0.15) is 5.75 Å². The van der Waals surface area contributed by atoms with Crippen molar-refractivity contribution in [2.24, 2.45) is 0 Å². The average Bonchev–Trinajstić information content (AvgIpc) is 2.35. The molecule has 0 aromatic heterocycles. The molecule has 0 fully saturated rings. The minimum atomic E-state index is -1.09. The molecule has 0 aliphatic heterocycles. The maximum absolute atomic E-state index is 11.0. The van der Waals surface area contributed by atoms with Crippen LogP contribution in [0.4, 0.5) is 5.69 Å². The van der Waals surface area contributed by atoms with Crippen molar-refractivity contribution in [3.63, 3.8) is 0 Å². The van der Waals surface area contributed by atoms with E-state index in [2.05, 4.69) is 5.32 Å². The zero-order valence-electron chi connectivity index (χ0n) is 9.38. The molecule has 1 aromatic rings. The number of rotatable bonds is 6. The highest BCUT2D eigenvalue weighted by Gasteiger charge is 2.14. The van der Waals surface area contributed by atoms with E-state index in [0.29, 0.717) is 11.4 Å². The maximum Gasteiger partial charge on any atom is 0.337 e. The highest BCUT2D eigenvalue weighted by molar-refractivity contribution is 5.94. The number of nitrogens with one attached hydrogen (secondary N) is 1. The Morgan fingerprint density at radius 2 is 2.06 bits per heavy atom. The van der Waals surface area contributed by atoms with Crippen LogP contribution in [-0.2, 0) is 0 Å². The van der Waals surface area contributed by atoms with Gasteiger partial charge in [-0.15, -0.1) is 0 Å². The van der Waals surface area contributed by atoms with E-state index >= 15 is 0 Å². The Morgan fingerprint density at radius 1 is 1.41 bits per heavy atom. The number of aliphatic hydroxyl groups is 2. The number of carboxylic acid groups (broad SMARTS) is 1. The fraction of sp³-hybridized carbons (Fsp3) is 0.364. The van der Waals surface area contributed by atoms with Crippen molar-refractivity contribution in [2.45, 2.75) is 6.04 Å². The summed E-state index contributed by atoms with van der Waals surface area (Å²) < 4.78 is 4.98. The number of carbonyl (C=O) groups is 1. The fourth-order valence-corrected chi connectivity index (χ4v) is 1.33. The monoisotopic (exact) mass is 241 g/mol. The summed E-state index contributed by atoms with van der Waals surface area (Å²) in [5.74, 6) is -0.600. The molecule has 0 saturated heterocycles. The summed E-state index contributed by atoms with van der Waals surface area (Å²) in [5.41, 5.74) is 0.350. The largest absolute Gasteiger partial charge is 0.497 e. The molecule has 0 atom stereocenters. The van der Waals surface area contributed by atoms with Crippen LogP contribution in [0.3, 0.4) is 0 Å². The minimum Gasteiger partial charge on any atom is -0.497 e. The summed E-state index contributed by atoms with van der Waals surface area (Å²) >= 11 is 0. The van der Waals surface area contributed by atoms with Crippen LogP contribution >= 0.6 is 0 Å². The summed E-state index contributed by atoms with van der Waals surface area (Å²) in [5, 5.41) is 29.6. The molecule has 0 amide bonds. The van der Waals surface area contributed by atoms with Crippen LogP contribution in [-0.4, -0.2) is 47.7 Å². The van der Waals surface area contributed by atoms with Crippen molar-refractivity contribution >= 4 is 11.7 Å². The normalized spacial score (nSPS) is 10.4. The Labute approximate surface area is 98.5 Å². The molecule has 0 spiro atoms. The van der Waals surface area contributed by atoms with Gasteiger partial charge < -0.3 is 25.4 Å². The molecule has 0 saturated carbocycles. The molecular formula is C11H15NO5. The second-order valence-corrected chi connectivity index (χ2v) is 3.42. The Hall–Kier alpha value is -1.79. The van der Waals surface area contributed by atoms with Crippen molar-refractivity contribution in [1.82, 2.24) is 0 Å². The molecule has 1 aromatic carbocycles. The third-order valence-electron chi connectivity index (χ3n) is 2.26. The summed E-state index contributed by atoms with van der Waals surface area (Å²) in [6.07, 6.45) is 0. The van der Waals surface area contributed by atoms with Crippen LogP contribution in [0.25, 0.3) is 0 Å². The third kappa shape index (κ3) is 3.33. The van der Waals surface area contributed by atoms with E-state index < -0.39 is 12.0 Å². The van der Waals surface area contributed by atoms with Crippen molar-refractivity contribution in [3.8, 4) is 5.75 Å². The lowest BCUT2D eigenvalue weighted by molar-refractivity contribution is 0.0697. The first-order valence-corrected chi connectivity index (χ1v) is 5.02. The zero-order chi connectivity index (χ0) is 12.8. The van der Waals surface area contributed by atoms with Gasteiger partial charge in [-0.1, -0.05) is 0 Å². The van der Waals surface area contributed by atoms with Gasteiger partial charge in [-0.3, -0.25) is 0 Å². The summed E-state index contributed by atoms with van der Waals surface area (Å²) in [6, 6.07) is 3.82. The smallest absolute Gasteiger partial charge is 0.337 e. The lowest BCUT2D eigenvalue weighted by Crippen LogP contribution is -2.28. The first kappa shape index (κ1) is 13.3. The Bertz CT molecular complexity index is 389. The van der Waals surface area contributed by atoms with Crippen LogP contribution < -0.4 is 10.1 Å². The number of hydrogen-bond donors (Lipinski definition) is 4. The number of hydrogen-bond acceptors (Lipinski definition) is 5. The summed E-state index contributed by atoms with van der Waals surface area (Å²) in [6.45, 7) is -0.598. The number of aromatic carboxylic acids is 1. The van der Waals surface area contributed by atoms with E-state index in [0.717, 1.165) is 0 Å². The Kier molecular flexibility index (Phi) is 4.74. The summed E-state index contributed by atoms with van der Waals surface area (Å²) in [7, 11) is 1.47. The van der Waals surface area contributed by atoms with E-state index in [1.165, 1.54) is 25.3 Å². The quantitative estimate of drug-likeness (QED) is 0.566. The van der Waals surface area contributed by atoms with Gasteiger partial charge in [-0.05, 0) is 12.1 Å². The predicted octanol–water partition coefficient (Wildman–Crippen LogP) is 0.158. The molecule has 0 bridgehead atoms. The van der Waals surface area contributed by atoms with Crippen molar-refractivity contribution < 1.29 is 24.9 Å². The number of methoxy groups -OCH3 is 1. The third-order valence-corrected chi connectivity index (χ3v) is 2.26. The van der Waals surface area contributed by atoms with Gasteiger partial charge in [0.2, 0.25) is 0 Å². The fourth-order valence-electron chi connectivity index (χ4n) is 1.33. The number of carboxylic acids is 1. The second-order valence-electron chi connectivity index (χ2n) is 3.42. The second kappa shape index (κ2) is 6.07. The molecule has 0 unspecified atom stereocenters. The molecule has 94 valence electrons. The van der Waals surface area contributed by atoms with Crippen molar-refractivity contribution in [3.05, 3.63) is 23.8 Å².